The molecule has 0 heterocycles. The first-order chi connectivity index (χ1) is 17.1. The number of amides is 2. The van der Waals surface area contributed by atoms with E-state index in [-0.39, 0.29) is 48.5 Å². The number of halogens is 2. The zero-order valence-corrected chi connectivity index (χ0v) is 24.7. The molecular weight excluding hydrogens is 533 g/mol. The molecule has 0 aromatic heterocycles. The van der Waals surface area contributed by atoms with Crippen LogP contribution in [0.3, 0.4) is 0 Å². The summed E-state index contributed by atoms with van der Waals surface area (Å²) in [6.45, 7) is 9.83. The van der Waals surface area contributed by atoms with E-state index in [9.17, 15) is 18.0 Å². The molecule has 0 bridgehead atoms. The Labute approximate surface area is 231 Å². The van der Waals surface area contributed by atoms with Crippen LogP contribution in [-0.4, -0.2) is 49.5 Å². The molecule has 0 unspecified atom stereocenters. The van der Waals surface area contributed by atoms with Gasteiger partial charge in [-0.2, -0.15) is 0 Å². The van der Waals surface area contributed by atoms with Crippen molar-refractivity contribution in [2.45, 2.75) is 72.0 Å². The van der Waals surface area contributed by atoms with Crippen LogP contribution in [0.1, 0.15) is 58.1 Å². The Morgan fingerprint density at radius 3 is 2.32 bits per heavy atom. The molecule has 1 atom stereocenters. The van der Waals surface area contributed by atoms with Crippen LogP contribution < -0.4 is 9.62 Å². The van der Waals surface area contributed by atoms with Crippen LogP contribution in [0.15, 0.2) is 42.5 Å². The number of sulfonamides is 1. The fraction of sp³-hybridized carbons (Fsp3) is 0.481. The number of nitrogens with zero attached hydrogens (tertiary/aromatic N) is 2. The van der Waals surface area contributed by atoms with Crippen LogP contribution in [0, 0.1) is 6.92 Å². The van der Waals surface area contributed by atoms with Crippen molar-refractivity contribution in [1.29, 1.82) is 0 Å². The zero-order chi connectivity index (χ0) is 28.0. The largest absolute Gasteiger partial charge is 0.350 e. The van der Waals surface area contributed by atoms with Gasteiger partial charge < -0.3 is 10.2 Å². The van der Waals surface area contributed by atoms with Crippen molar-refractivity contribution in [3.8, 4) is 0 Å². The number of benzene rings is 2. The van der Waals surface area contributed by atoms with Crippen molar-refractivity contribution >= 4 is 50.7 Å². The van der Waals surface area contributed by atoms with Crippen LogP contribution in [0.5, 0.6) is 0 Å². The van der Waals surface area contributed by atoms with E-state index in [4.69, 9.17) is 23.2 Å². The first-order valence-corrected chi connectivity index (χ1v) is 14.8. The zero-order valence-electron chi connectivity index (χ0n) is 22.3. The summed E-state index contributed by atoms with van der Waals surface area (Å²) in [6.07, 6.45) is 1.80. The summed E-state index contributed by atoms with van der Waals surface area (Å²) in [5.74, 6) is -0.456. The second kappa shape index (κ2) is 13.0. The minimum absolute atomic E-state index is 0.0356. The summed E-state index contributed by atoms with van der Waals surface area (Å²) in [5.41, 5.74) is 1.78. The second-order valence-corrected chi connectivity index (χ2v) is 13.0. The van der Waals surface area contributed by atoms with E-state index in [0.29, 0.717) is 11.4 Å². The molecule has 0 saturated heterocycles. The van der Waals surface area contributed by atoms with Gasteiger partial charge in [0.25, 0.3) is 0 Å². The topological polar surface area (TPSA) is 86.8 Å². The first kappa shape index (κ1) is 30.9. The molecule has 10 heteroatoms. The third kappa shape index (κ3) is 9.51. The van der Waals surface area contributed by atoms with E-state index < -0.39 is 21.6 Å². The Balaban J connectivity index is 2.28. The Kier molecular flexibility index (Phi) is 10.9. The number of nitrogens with one attached hydrogen (secondary N) is 1. The predicted octanol–water partition coefficient (Wildman–Crippen LogP) is 5.57. The van der Waals surface area contributed by atoms with Crippen LogP contribution >= 0.6 is 23.2 Å². The number of carbonyl (C=O) groups is 2. The molecule has 0 saturated carbocycles. The maximum Gasteiger partial charge on any atom is 0.243 e. The lowest BCUT2D eigenvalue weighted by Crippen LogP contribution is -2.53. The molecule has 37 heavy (non-hydrogen) atoms. The minimum Gasteiger partial charge on any atom is -0.350 e. The van der Waals surface area contributed by atoms with Gasteiger partial charge in [-0.15, -0.1) is 0 Å². The van der Waals surface area contributed by atoms with Gasteiger partial charge in [-0.25, -0.2) is 8.42 Å². The van der Waals surface area contributed by atoms with Crippen molar-refractivity contribution in [1.82, 2.24) is 10.2 Å². The summed E-state index contributed by atoms with van der Waals surface area (Å²) in [6, 6.07) is 11.7. The molecule has 2 aromatic carbocycles. The minimum atomic E-state index is -3.68. The van der Waals surface area contributed by atoms with Gasteiger partial charge in [0.15, 0.2) is 0 Å². The molecule has 204 valence electrons. The van der Waals surface area contributed by atoms with E-state index in [1.165, 1.54) is 12.1 Å². The number of anilines is 1. The Morgan fingerprint density at radius 2 is 1.76 bits per heavy atom. The van der Waals surface area contributed by atoms with E-state index in [1.54, 1.807) is 11.0 Å². The van der Waals surface area contributed by atoms with Gasteiger partial charge in [-0.05, 0) is 64.3 Å². The Bertz CT molecular complexity index is 1210. The average molecular weight is 571 g/mol. The molecule has 2 rings (SSSR count). The Morgan fingerprint density at radius 1 is 1.08 bits per heavy atom. The standard InChI is InChI=1S/C27H37Cl2N3O4S/c1-7-23(26(34)30-27(3,4)5)31(18-20-11-8-10-19(2)16-20)25(33)12-9-15-32(37(6,35)36)24-17-21(28)13-14-22(24)29/h8,10-11,13-14,16-17,23H,7,9,12,15,18H2,1-6H3,(H,30,34)/t23-/m0/s1. The number of rotatable bonds is 11. The molecule has 0 fully saturated rings. The SMILES string of the molecule is CC[C@@H](C(=O)NC(C)(C)C)N(Cc1cccc(C)c1)C(=O)CCCN(c1cc(Cl)ccc1Cl)S(C)(=O)=O. The van der Waals surface area contributed by atoms with E-state index >= 15 is 0 Å². The third-order valence-electron chi connectivity index (χ3n) is 5.65. The smallest absolute Gasteiger partial charge is 0.243 e. The maximum atomic E-state index is 13.5. The van der Waals surface area contributed by atoms with Crippen molar-refractivity contribution < 1.29 is 18.0 Å². The van der Waals surface area contributed by atoms with Gasteiger partial charge in [0.1, 0.15) is 6.04 Å². The Hall–Kier alpha value is -2.29. The number of hydrogen-bond acceptors (Lipinski definition) is 4. The van der Waals surface area contributed by atoms with Crippen molar-refractivity contribution in [2.75, 3.05) is 17.1 Å². The van der Waals surface area contributed by atoms with Crippen LogP contribution in [0.2, 0.25) is 10.0 Å². The molecule has 2 aromatic rings. The monoisotopic (exact) mass is 569 g/mol. The van der Waals surface area contributed by atoms with Crippen LogP contribution in [-0.2, 0) is 26.2 Å². The molecule has 0 aliphatic rings. The molecule has 0 aliphatic heterocycles. The highest BCUT2D eigenvalue weighted by atomic mass is 35.5. The van der Waals surface area contributed by atoms with Crippen molar-refractivity contribution in [2.24, 2.45) is 0 Å². The molecule has 2 amide bonds. The number of aryl methyl sites for hydroxylation is 1. The predicted molar refractivity (Wildman–Crippen MR) is 152 cm³/mol. The second-order valence-electron chi connectivity index (χ2n) is 10.2. The van der Waals surface area contributed by atoms with Crippen LogP contribution in [0.4, 0.5) is 5.69 Å². The molecule has 0 radical (unpaired) electrons. The highest BCUT2D eigenvalue weighted by molar-refractivity contribution is 7.92. The highest BCUT2D eigenvalue weighted by Gasteiger charge is 2.31. The quantitative estimate of drug-likeness (QED) is 0.383. The molecular formula is C27H37Cl2N3O4S. The summed E-state index contributed by atoms with van der Waals surface area (Å²) in [4.78, 5) is 28.3. The lowest BCUT2D eigenvalue weighted by Gasteiger charge is -2.33. The van der Waals surface area contributed by atoms with Gasteiger partial charge in [0, 0.05) is 30.1 Å². The molecule has 7 nitrogen and oxygen atoms in total. The molecule has 1 N–H and O–H groups in total. The summed E-state index contributed by atoms with van der Waals surface area (Å²) >= 11 is 12.3. The summed E-state index contributed by atoms with van der Waals surface area (Å²) in [7, 11) is -3.68. The normalized spacial score (nSPS) is 12.6. The van der Waals surface area contributed by atoms with E-state index in [0.717, 1.165) is 21.7 Å². The van der Waals surface area contributed by atoms with Gasteiger partial charge in [-0.3, -0.25) is 13.9 Å². The molecule has 0 aliphatic carbocycles. The fourth-order valence-electron chi connectivity index (χ4n) is 4.04. The maximum absolute atomic E-state index is 13.5. The number of hydrogen-bond donors (Lipinski definition) is 1. The van der Waals surface area contributed by atoms with Gasteiger partial charge in [0.05, 0.1) is 17.0 Å². The lowest BCUT2D eigenvalue weighted by molar-refractivity contribution is -0.142. The van der Waals surface area contributed by atoms with Gasteiger partial charge in [-0.1, -0.05) is 60.0 Å². The van der Waals surface area contributed by atoms with Crippen molar-refractivity contribution in [3.63, 3.8) is 0 Å². The molecule has 0 spiro atoms. The van der Waals surface area contributed by atoms with Gasteiger partial charge >= 0.3 is 0 Å². The highest BCUT2D eigenvalue weighted by Crippen LogP contribution is 2.31. The fourth-order valence-corrected chi connectivity index (χ4v) is 5.44. The lowest BCUT2D eigenvalue weighted by atomic mass is 10.0. The first-order valence-electron chi connectivity index (χ1n) is 12.2. The van der Waals surface area contributed by atoms with Crippen molar-refractivity contribution in [3.05, 3.63) is 63.6 Å². The van der Waals surface area contributed by atoms with Gasteiger partial charge in [0.2, 0.25) is 21.8 Å². The number of carbonyl (C=O) groups excluding carboxylic acids is 2. The van der Waals surface area contributed by atoms with E-state index in [1.807, 2.05) is 58.9 Å². The summed E-state index contributed by atoms with van der Waals surface area (Å²) < 4.78 is 26.2. The summed E-state index contributed by atoms with van der Waals surface area (Å²) in [5, 5.41) is 3.58. The van der Waals surface area contributed by atoms with E-state index in [2.05, 4.69) is 5.32 Å². The third-order valence-corrected chi connectivity index (χ3v) is 7.38. The average Bonchev–Trinajstić information content (AvgIpc) is 2.76. The van der Waals surface area contributed by atoms with Crippen LogP contribution in [0.25, 0.3) is 0 Å².